The van der Waals surface area contributed by atoms with Crippen molar-refractivity contribution in [3.8, 4) is 23.0 Å². The van der Waals surface area contributed by atoms with E-state index in [4.69, 9.17) is 22.8 Å². The maximum absolute atomic E-state index is 13.0. The third-order valence-corrected chi connectivity index (χ3v) is 9.31. The van der Waals surface area contributed by atoms with Gasteiger partial charge in [0.15, 0.2) is 0 Å². The number of imide groups is 2. The quantitative estimate of drug-likeness (QED) is 0.222. The summed E-state index contributed by atoms with van der Waals surface area (Å²) in [4.78, 5) is 51.1. The molecule has 2 heterocycles. The van der Waals surface area contributed by atoms with Gasteiger partial charge in [0.25, 0.3) is 23.6 Å². The molecule has 0 atom stereocenters. The molecule has 0 saturated heterocycles. The van der Waals surface area contributed by atoms with E-state index in [9.17, 15) is 36.0 Å². The molecule has 0 bridgehead atoms. The summed E-state index contributed by atoms with van der Waals surface area (Å²) in [5, 5.41) is 0.227. The summed E-state index contributed by atoms with van der Waals surface area (Å²) >= 11 is 0. The number of hydrogen-bond donors (Lipinski definition) is 0. The van der Waals surface area contributed by atoms with Crippen molar-refractivity contribution in [3.05, 3.63) is 107 Å². The van der Waals surface area contributed by atoms with Gasteiger partial charge in [-0.2, -0.15) is 16.8 Å². The lowest BCUT2D eigenvalue weighted by atomic mass is 10.1. The van der Waals surface area contributed by atoms with E-state index in [0.29, 0.717) is 11.5 Å². The zero-order valence-electron chi connectivity index (χ0n) is 24.1. The predicted octanol–water partition coefficient (Wildman–Crippen LogP) is 3.33. The Balaban J connectivity index is 1.18. The number of methoxy groups -OCH3 is 2. The fourth-order valence-corrected chi connectivity index (χ4v) is 6.34. The van der Waals surface area contributed by atoms with Crippen molar-refractivity contribution < 1.29 is 58.8 Å². The van der Waals surface area contributed by atoms with Crippen LogP contribution in [0, 0.1) is 0 Å². The second-order valence-corrected chi connectivity index (χ2v) is 12.8. The van der Waals surface area contributed by atoms with Crippen molar-refractivity contribution in [3.63, 3.8) is 0 Å². The van der Waals surface area contributed by atoms with E-state index in [1.54, 1.807) is 0 Å². The van der Waals surface area contributed by atoms with E-state index in [1.165, 1.54) is 87.0 Å². The number of ether oxygens (including phenoxy) is 3. The second-order valence-electron chi connectivity index (χ2n) is 9.73. The summed E-state index contributed by atoms with van der Waals surface area (Å²) in [6.07, 6.45) is 0. The summed E-state index contributed by atoms with van der Waals surface area (Å²) in [5.74, 6) is -3.46. The van der Waals surface area contributed by atoms with Crippen molar-refractivity contribution in [2.75, 3.05) is 14.2 Å². The Bertz CT molecular complexity index is 2040. The van der Waals surface area contributed by atoms with Crippen LogP contribution in [0.1, 0.15) is 41.4 Å². The van der Waals surface area contributed by atoms with Crippen LogP contribution in [0.2, 0.25) is 0 Å². The van der Waals surface area contributed by atoms with Gasteiger partial charge >= 0.3 is 20.2 Å². The summed E-state index contributed by atoms with van der Waals surface area (Å²) in [7, 11) is -6.37. The van der Waals surface area contributed by atoms with Gasteiger partial charge < -0.3 is 14.2 Å². The van der Waals surface area contributed by atoms with E-state index >= 15 is 0 Å². The number of amides is 4. The van der Waals surface area contributed by atoms with Crippen LogP contribution in [0.25, 0.3) is 0 Å². The first-order valence-corrected chi connectivity index (χ1v) is 16.1. The van der Waals surface area contributed by atoms with Gasteiger partial charge in [0.05, 0.1) is 46.3 Å². The fraction of sp³-hybridized carbons (Fsp3) is 0.0667. The topological polar surface area (TPSA) is 189 Å². The molecule has 4 aromatic carbocycles. The summed E-state index contributed by atoms with van der Waals surface area (Å²) < 4.78 is 76.4. The highest BCUT2D eigenvalue weighted by molar-refractivity contribution is 7.87. The Labute approximate surface area is 266 Å². The molecule has 6 rings (SSSR count). The van der Waals surface area contributed by atoms with Crippen molar-refractivity contribution in [2.24, 2.45) is 0 Å². The molecule has 0 fully saturated rings. The number of nitrogens with zero attached hydrogens (tertiary/aromatic N) is 2. The van der Waals surface area contributed by atoms with Crippen molar-refractivity contribution in [1.29, 1.82) is 0 Å². The number of rotatable bonds is 10. The van der Waals surface area contributed by atoms with Gasteiger partial charge in [-0.05, 0) is 84.9 Å². The molecule has 4 aromatic rings. The third-order valence-electron chi connectivity index (χ3n) is 6.92. The largest absolute Gasteiger partial charge is 0.497 e. The zero-order chi connectivity index (χ0) is 33.7. The van der Waals surface area contributed by atoms with Gasteiger partial charge in [-0.3, -0.25) is 19.2 Å². The maximum atomic E-state index is 13.0. The molecule has 4 amide bonds. The van der Waals surface area contributed by atoms with Crippen LogP contribution in [0.5, 0.6) is 23.0 Å². The van der Waals surface area contributed by atoms with Crippen molar-refractivity contribution >= 4 is 43.9 Å². The molecular formula is C30H20N2O13S2. The lowest BCUT2D eigenvalue weighted by Crippen LogP contribution is -2.32. The standard InChI is InChI=1S/C30H20N2O13S2/c1-41-17-3-9-21(10-4-17)46(37,38)44-31-27(33)23-13-7-19(15-25(23)29(31)35)43-20-8-14-24-26(16-20)30(36)32(28(24)34)45-47(39,40)22-11-5-18(42-2)6-12-22/h3-16H,1-2H3. The Hall–Kier alpha value is -5.62. The molecule has 47 heavy (non-hydrogen) atoms. The van der Waals surface area contributed by atoms with Crippen molar-refractivity contribution in [1.82, 2.24) is 10.1 Å². The Morgan fingerprint density at radius 2 is 0.766 bits per heavy atom. The molecule has 0 radical (unpaired) electrons. The van der Waals surface area contributed by atoms with Gasteiger partial charge in [0, 0.05) is 0 Å². The highest BCUT2D eigenvalue weighted by Crippen LogP contribution is 2.34. The summed E-state index contributed by atoms with van der Waals surface area (Å²) in [5.41, 5.74) is -0.776. The highest BCUT2D eigenvalue weighted by Gasteiger charge is 2.42. The first kappa shape index (κ1) is 31.4. The fourth-order valence-electron chi connectivity index (χ4n) is 4.56. The minimum absolute atomic E-state index is 0.00308. The van der Waals surface area contributed by atoms with Crippen LogP contribution in [-0.2, 0) is 28.8 Å². The summed E-state index contributed by atoms with van der Waals surface area (Å²) in [6, 6.07) is 17.5. The predicted molar refractivity (Wildman–Crippen MR) is 156 cm³/mol. The van der Waals surface area contributed by atoms with E-state index in [1.807, 2.05) is 0 Å². The van der Waals surface area contributed by atoms with E-state index in [2.05, 4.69) is 0 Å². The molecule has 0 spiro atoms. The zero-order valence-corrected chi connectivity index (χ0v) is 25.7. The van der Waals surface area contributed by atoms with Crippen LogP contribution < -0.4 is 14.2 Å². The lowest BCUT2D eigenvalue weighted by molar-refractivity contribution is -0.0107. The molecule has 2 aliphatic rings. The second kappa shape index (κ2) is 11.6. The lowest BCUT2D eigenvalue weighted by Gasteiger charge is -2.13. The SMILES string of the molecule is COc1ccc(S(=O)(=O)ON2C(=O)c3ccc(Oc4ccc5c(c4)C(=O)N(OS(=O)(=O)c4ccc(OC)cc4)C5=O)cc3C2=O)cc1. The number of benzene rings is 4. The molecular weight excluding hydrogens is 660 g/mol. The molecule has 2 aliphatic heterocycles. The van der Waals surface area contributed by atoms with Gasteiger partial charge in [-0.15, -0.1) is 18.7 Å². The van der Waals surface area contributed by atoms with Gasteiger partial charge in [0.1, 0.15) is 23.0 Å². The monoisotopic (exact) mass is 680 g/mol. The van der Waals surface area contributed by atoms with Crippen LogP contribution in [0.15, 0.2) is 94.7 Å². The third kappa shape index (κ3) is 5.67. The normalized spacial score (nSPS) is 14.3. The van der Waals surface area contributed by atoms with Crippen LogP contribution in [-0.4, -0.2) is 64.8 Å². The number of fused-ring (bicyclic) bond motifs is 2. The molecule has 240 valence electrons. The Morgan fingerprint density at radius 1 is 0.447 bits per heavy atom. The van der Waals surface area contributed by atoms with E-state index in [-0.39, 0.29) is 53.7 Å². The first-order valence-electron chi connectivity index (χ1n) is 13.2. The minimum Gasteiger partial charge on any atom is -0.497 e. The molecule has 0 aliphatic carbocycles. The number of hydrogen-bond acceptors (Lipinski definition) is 13. The number of hydroxylamine groups is 4. The Kier molecular flexibility index (Phi) is 7.76. The van der Waals surface area contributed by atoms with E-state index in [0.717, 1.165) is 12.1 Å². The van der Waals surface area contributed by atoms with Crippen LogP contribution >= 0.6 is 0 Å². The molecule has 0 unspecified atom stereocenters. The molecule has 0 saturated carbocycles. The Morgan fingerprint density at radius 3 is 1.11 bits per heavy atom. The molecule has 0 N–H and O–H groups in total. The molecule has 17 heteroatoms. The average Bonchev–Trinajstić information content (AvgIpc) is 3.43. The maximum Gasteiger partial charge on any atom is 0.318 e. The van der Waals surface area contributed by atoms with E-state index < -0.39 is 43.9 Å². The van der Waals surface area contributed by atoms with Crippen molar-refractivity contribution in [2.45, 2.75) is 9.79 Å². The highest BCUT2D eigenvalue weighted by atomic mass is 32.2. The molecule has 0 aromatic heterocycles. The van der Waals surface area contributed by atoms with Gasteiger partial charge in [-0.25, -0.2) is 0 Å². The first-order chi connectivity index (χ1) is 22.3. The average molecular weight is 681 g/mol. The number of carbonyl (C=O) groups is 4. The van der Waals surface area contributed by atoms with Crippen LogP contribution in [0.3, 0.4) is 0 Å². The van der Waals surface area contributed by atoms with Gasteiger partial charge in [-0.1, -0.05) is 0 Å². The molecule has 15 nitrogen and oxygen atoms in total. The van der Waals surface area contributed by atoms with Crippen LogP contribution in [0.4, 0.5) is 0 Å². The minimum atomic E-state index is -4.58. The van der Waals surface area contributed by atoms with Gasteiger partial charge in [0.2, 0.25) is 0 Å². The number of carbonyl (C=O) groups excluding carboxylic acids is 4. The summed E-state index contributed by atoms with van der Waals surface area (Å²) in [6.45, 7) is 0. The smallest absolute Gasteiger partial charge is 0.318 e.